The molecule has 1 aromatic heterocycles. The molecular formula is C23H37IN6O3. The van der Waals surface area contributed by atoms with E-state index in [-0.39, 0.29) is 36.1 Å². The van der Waals surface area contributed by atoms with E-state index in [0.29, 0.717) is 24.9 Å². The monoisotopic (exact) mass is 572 g/mol. The van der Waals surface area contributed by atoms with Gasteiger partial charge in [-0.1, -0.05) is 17.3 Å². The lowest BCUT2D eigenvalue weighted by molar-refractivity contribution is 0.0683. The van der Waals surface area contributed by atoms with E-state index in [2.05, 4.69) is 42.8 Å². The maximum atomic E-state index is 5.52. The van der Waals surface area contributed by atoms with Crippen molar-refractivity contribution in [2.24, 2.45) is 4.99 Å². The molecule has 1 aromatic carbocycles. The Morgan fingerprint density at radius 1 is 1.18 bits per heavy atom. The van der Waals surface area contributed by atoms with Crippen LogP contribution in [0.5, 0.6) is 5.75 Å². The number of aromatic nitrogens is 2. The fourth-order valence-corrected chi connectivity index (χ4v) is 3.84. The van der Waals surface area contributed by atoms with Gasteiger partial charge < -0.3 is 24.6 Å². The Kier molecular flexibility index (Phi) is 11.9. The first-order chi connectivity index (χ1) is 15.6. The van der Waals surface area contributed by atoms with Crippen LogP contribution in [-0.2, 0) is 11.3 Å². The smallest absolute Gasteiger partial charge is 0.248 e. The predicted molar refractivity (Wildman–Crippen MR) is 139 cm³/mol. The number of halogens is 1. The zero-order chi connectivity index (χ0) is 22.8. The van der Waals surface area contributed by atoms with Crippen molar-refractivity contribution in [3.8, 4) is 5.75 Å². The average molecular weight is 572 g/mol. The molecule has 1 fully saturated rings. The normalized spacial score (nSPS) is 16.2. The molecule has 0 aliphatic carbocycles. The quantitative estimate of drug-likeness (QED) is 0.239. The van der Waals surface area contributed by atoms with Crippen molar-refractivity contribution >= 4 is 29.9 Å². The summed E-state index contributed by atoms with van der Waals surface area (Å²) >= 11 is 0. The van der Waals surface area contributed by atoms with Crippen LogP contribution < -0.4 is 15.4 Å². The molecule has 10 heteroatoms. The molecule has 0 radical (unpaired) electrons. The van der Waals surface area contributed by atoms with Gasteiger partial charge in [0.05, 0.1) is 13.2 Å². The first kappa shape index (κ1) is 27.3. The van der Waals surface area contributed by atoms with Gasteiger partial charge in [0.15, 0.2) is 11.8 Å². The van der Waals surface area contributed by atoms with Crippen molar-refractivity contribution in [2.75, 3.05) is 39.9 Å². The lowest BCUT2D eigenvalue weighted by Crippen LogP contribution is -2.42. The van der Waals surface area contributed by atoms with E-state index < -0.39 is 0 Å². The Hall–Kier alpha value is -1.92. The van der Waals surface area contributed by atoms with Crippen LogP contribution in [-0.4, -0.2) is 60.9 Å². The summed E-state index contributed by atoms with van der Waals surface area (Å²) in [6, 6.07) is 8.59. The SMILES string of the molecule is CCNC(=NCc1nc(C(C)OCC)no1)NCC(c1ccc(OC)cc1)N1CCCC1.I. The third-order valence-electron chi connectivity index (χ3n) is 5.53. The second-order valence-corrected chi connectivity index (χ2v) is 7.75. The molecule has 1 aliphatic rings. The number of guanidine groups is 1. The molecule has 1 aliphatic heterocycles. The van der Waals surface area contributed by atoms with Crippen molar-refractivity contribution < 1.29 is 14.0 Å². The topological polar surface area (TPSA) is 97.0 Å². The highest BCUT2D eigenvalue weighted by atomic mass is 127. The lowest BCUT2D eigenvalue weighted by atomic mass is 10.1. The number of likely N-dealkylation sites (tertiary alicyclic amines) is 1. The van der Waals surface area contributed by atoms with Crippen LogP contribution in [0.4, 0.5) is 0 Å². The highest BCUT2D eigenvalue weighted by Crippen LogP contribution is 2.26. The Balaban J connectivity index is 0.00000385. The molecule has 2 atom stereocenters. The summed E-state index contributed by atoms with van der Waals surface area (Å²) in [7, 11) is 1.69. The van der Waals surface area contributed by atoms with Gasteiger partial charge in [0.2, 0.25) is 5.89 Å². The molecule has 0 amide bonds. The molecule has 2 unspecified atom stereocenters. The van der Waals surface area contributed by atoms with E-state index >= 15 is 0 Å². The van der Waals surface area contributed by atoms with Gasteiger partial charge >= 0.3 is 0 Å². The molecule has 0 spiro atoms. The Bertz CT molecular complexity index is 839. The molecule has 2 heterocycles. The van der Waals surface area contributed by atoms with E-state index in [0.717, 1.165) is 37.9 Å². The highest BCUT2D eigenvalue weighted by Gasteiger charge is 2.24. The molecular weight excluding hydrogens is 535 g/mol. The minimum absolute atomic E-state index is 0. The fraction of sp³-hybridized carbons (Fsp3) is 0.609. The largest absolute Gasteiger partial charge is 0.497 e. The average Bonchev–Trinajstić information content (AvgIpc) is 3.51. The lowest BCUT2D eigenvalue weighted by Gasteiger charge is -2.29. The maximum absolute atomic E-state index is 5.52. The number of benzene rings is 1. The second kappa shape index (κ2) is 14.4. The number of hydrogen-bond acceptors (Lipinski definition) is 7. The second-order valence-electron chi connectivity index (χ2n) is 7.75. The number of rotatable bonds is 11. The molecule has 3 rings (SSSR count). The van der Waals surface area contributed by atoms with Crippen molar-refractivity contribution in [3.05, 3.63) is 41.5 Å². The van der Waals surface area contributed by atoms with Gasteiger partial charge in [0.25, 0.3) is 0 Å². The Morgan fingerprint density at radius 3 is 2.55 bits per heavy atom. The van der Waals surface area contributed by atoms with Crippen molar-refractivity contribution in [3.63, 3.8) is 0 Å². The molecule has 2 N–H and O–H groups in total. The highest BCUT2D eigenvalue weighted by molar-refractivity contribution is 14.0. The number of aliphatic imine (C=N–C) groups is 1. The van der Waals surface area contributed by atoms with Crippen molar-refractivity contribution in [2.45, 2.75) is 52.3 Å². The standard InChI is InChI=1S/C23H36N6O3.HI/c1-5-24-23(26-16-21-27-22(28-32-21)17(3)31-6-2)25-15-20(29-13-7-8-14-29)18-9-11-19(30-4)12-10-18;/h9-12,17,20H,5-8,13-16H2,1-4H3,(H2,24,25,26);1H. The van der Waals surface area contributed by atoms with Crippen LogP contribution >= 0.6 is 24.0 Å². The third-order valence-corrected chi connectivity index (χ3v) is 5.53. The van der Waals surface area contributed by atoms with Crippen LogP contribution in [0.3, 0.4) is 0 Å². The molecule has 184 valence electrons. The minimum Gasteiger partial charge on any atom is -0.497 e. The summed E-state index contributed by atoms with van der Waals surface area (Å²) in [4.78, 5) is 11.6. The summed E-state index contributed by atoms with van der Waals surface area (Å²) in [6.45, 7) is 10.5. The Morgan fingerprint density at radius 2 is 1.91 bits per heavy atom. The van der Waals surface area contributed by atoms with E-state index in [1.54, 1.807) is 7.11 Å². The summed E-state index contributed by atoms with van der Waals surface area (Å²) in [5.41, 5.74) is 1.27. The van der Waals surface area contributed by atoms with E-state index in [9.17, 15) is 0 Å². The van der Waals surface area contributed by atoms with Gasteiger partial charge in [-0.15, -0.1) is 24.0 Å². The van der Waals surface area contributed by atoms with Crippen LogP contribution in [0.2, 0.25) is 0 Å². The molecule has 1 saturated heterocycles. The predicted octanol–water partition coefficient (Wildman–Crippen LogP) is 3.69. The third kappa shape index (κ3) is 8.11. The molecule has 9 nitrogen and oxygen atoms in total. The summed E-state index contributed by atoms with van der Waals surface area (Å²) in [6.07, 6.45) is 2.28. The van der Waals surface area contributed by atoms with Crippen LogP contribution in [0.1, 0.15) is 63.0 Å². The summed E-state index contributed by atoms with van der Waals surface area (Å²) < 4.78 is 16.2. The number of hydrogen-bond donors (Lipinski definition) is 2. The van der Waals surface area contributed by atoms with Gasteiger partial charge in [-0.05, 0) is 64.4 Å². The summed E-state index contributed by atoms with van der Waals surface area (Å²) in [5.74, 6) is 2.61. The van der Waals surface area contributed by atoms with Gasteiger partial charge in [-0.25, -0.2) is 4.99 Å². The zero-order valence-corrected chi connectivity index (χ0v) is 22.4. The Labute approximate surface area is 213 Å². The number of nitrogens with zero attached hydrogens (tertiary/aromatic N) is 4. The van der Waals surface area contributed by atoms with Crippen LogP contribution in [0, 0.1) is 0 Å². The van der Waals surface area contributed by atoms with Crippen molar-refractivity contribution in [1.82, 2.24) is 25.7 Å². The number of nitrogens with one attached hydrogen (secondary N) is 2. The minimum atomic E-state index is -0.196. The van der Waals surface area contributed by atoms with Gasteiger partial charge in [-0.2, -0.15) is 4.98 Å². The maximum Gasteiger partial charge on any atom is 0.248 e. The molecule has 0 saturated carbocycles. The van der Waals surface area contributed by atoms with Gasteiger partial charge in [0.1, 0.15) is 18.4 Å². The van der Waals surface area contributed by atoms with Gasteiger partial charge in [0, 0.05) is 19.7 Å². The first-order valence-corrected chi connectivity index (χ1v) is 11.5. The fourth-order valence-electron chi connectivity index (χ4n) is 3.84. The number of methoxy groups -OCH3 is 1. The molecule has 33 heavy (non-hydrogen) atoms. The van der Waals surface area contributed by atoms with E-state index in [1.165, 1.54) is 18.4 Å². The molecule has 2 aromatic rings. The van der Waals surface area contributed by atoms with Gasteiger partial charge in [-0.3, -0.25) is 4.90 Å². The molecule has 0 bridgehead atoms. The number of ether oxygens (including phenoxy) is 2. The van der Waals surface area contributed by atoms with Crippen LogP contribution in [0.25, 0.3) is 0 Å². The van der Waals surface area contributed by atoms with E-state index in [4.69, 9.17) is 14.0 Å². The van der Waals surface area contributed by atoms with Crippen molar-refractivity contribution in [1.29, 1.82) is 0 Å². The zero-order valence-electron chi connectivity index (χ0n) is 20.0. The summed E-state index contributed by atoms with van der Waals surface area (Å²) in [5, 5.41) is 10.8. The van der Waals surface area contributed by atoms with Crippen LogP contribution in [0.15, 0.2) is 33.8 Å². The first-order valence-electron chi connectivity index (χ1n) is 11.5. The van der Waals surface area contributed by atoms with E-state index in [1.807, 2.05) is 32.9 Å².